The van der Waals surface area contributed by atoms with Crippen LogP contribution in [0.2, 0.25) is 0 Å². The highest BCUT2D eigenvalue weighted by Gasteiger charge is 2.28. The molecule has 3 rings (SSSR count). The van der Waals surface area contributed by atoms with Gasteiger partial charge in [-0.2, -0.15) is 0 Å². The van der Waals surface area contributed by atoms with Crippen LogP contribution in [-0.2, 0) is 11.8 Å². The Labute approximate surface area is 115 Å². The second-order valence-corrected chi connectivity index (χ2v) is 6.70. The Hall–Kier alpha value is -1.57. The summed E-state index contributed by atoms with van der Waals surface area (Å²) >= 11 is 0. The Morgan fingerprint density at radius 2 is 2.05 bits per heavy atom. The Morgan fingerprint density at radius 1 is 1.26 bits per heavy atom. The topological polar surface area (TPSA) is 28.7 Å². The van der Waals surface area contributed by atoms with Crippen LogP contribution in [0.4, 0.5) is 0 Å². The zero-order chi connectivity index (χ0) is 13.6. The molecule has 1 aromatic heterocycles. The van der Waals surface area contributed by atoms with Crippen molar-refractivity contribution >= 4 is 0 Å². The van der Waals surface area contributed by atoms with Gasteiger partial charge in [0.2, 0.25) is 0 Å². The highest BCUT2D eigenvalue weighted by Crippen LogP contribution is 2.41. The fourth-order valence-electron chi connectivity index (χ4n) is 3.14. The maximum atomic E-state index is 4.46. The number of imidazole rings is 1. The Balaban J connectivity index is 2.11. The van der Waals surface area contributed by atoms with E-state index in [1.807, 2.05) is 6.20 Å². The molecule has 1 aromatic carbocycles. The molecule has 1 heterocycles. The molecule has 2 aromatic rings. The van der Waals surface area contributed by atoms with Crippen molar-refractivity contribution in [3.05, 3.63) is 52.6 Å². The smallest absolute Gasteiger partial charge is 0.0923 e. The molecule has 1 N–H and O–H groups in total. The third kappa shape index (κ3) is 2.09. The predicted molar refractivity (Wildman–Crippen MR) is 78.6 cm³/mol. The number of aromatic amines is 1. The average Bonchev–Trinajstić information content (AvgIpc) is 2.94. The van der Waals surface area contributed by atoms with Gasteiger partial charge in [-0.05, 0) is 47.4 Å². The first-order valence-electron chi connectivity index (χ1n) is 7.09. The average molecular weight is 254 g/mol. The largest absolute Gasteiger partial charge is 0.351 e. The molecule has 0 saturated carbocycles. The number of nitrogens with zero attached hydrogens (tertiary/aromatic N) is 1. The summed E-state index contributed by atoms with van der Waals surface area (Å²) in [5, 5.41) is 0. The number of H-pyrrole nitrogens is 1. The molecule has 2 nitrogen and oxygen atoms in total. The summed E-state index contributed by atoms with van der Waals surface area (Å²) < 4.78 is 0. The lowest BCUT2D eigenvalue weighted by Crippen LogP contribution is -2.12. The zero-order valence-corrected chi connectivity index (χ0v) is 12.2. The van der Waals surface area contributed by atoms with E-state index in [1.54, 1.807) is 11.9 Å². The van der Waals surface area contributed by atoms with E-state index in [1.165, 1.54) is 35.2 Å². The van der Waals surface area contributed by atoms with Crippen LogP contribution in [0.3, 0.4) is 0 Å². The van der Waals surface area contributed by atoms with Crippen molar-refractivity contribution in [2.24, 2.45) is 0 Å². The van der Waals surface area contributed by atoms with E-state index in [2.05, 4.69) is 49.8 Å². The summed E-state index contributed by atoms with van der Waals surface area (Å²) in [5.74, 6) is 0.474. The SMILES string of the molecule is Cc1cc(C(C)(C)C)cc2c1CCC2c1c[nH]cn1. The molecule has 0 amide bonds. The molecule has 0 bridgehead atoms. The lowest BCUT2D eigenvalue weighted by Gasteiger charge is -2.22. The number of nitrogens with one attached hydrogen (secondary N) is 1. The summed E-state index contributed by atoms with van der Waals surface area (Å²) in [4.78, 5) is 7.55. The van der Waals surface area contributed by atoms with E-state index in [4.69, 9.17) is 0 Å². The lowest BCUT2D eigenvalue weighted by atomic mass is 9.83. The molecule has 0 aliphatic heterocycles. The summed E-state index contributed by atoms with van der Waals surface area (Å²) in [6.45, 7) is 9.10. The van der Waals surface area contributed by atoms with Gasteiger partial charge in [-0.3, -0.25) is 0 Å². The molecular weight excluding hydrogens is 232 g/mol. The van der Waals surface area contributed by atoms with Crippen LogP contribution < -0.4 is 0 Å². The molecule has 0 spiro atoms. The number of hydrogen-bond acceptors (Lipinski definition) is 1. The molecule has 1 aliphatic carbocycles. The Morgan fingerprint density at radius 3 is 2.68 bits per heavy atom. The first-order valence-corrected chi connectivity index (χ1v) is 7.09. The summed E-state index contributed by atoms with van der Waals surface area (Å²) in [5.41, 5.74) is 7.31. The maximum absolute atomic E-state index is 4.46. The molecule has 1 atom stereocenters. The highest BCUT2D eigenvalue weighted by molar-refractivity contribution is 5.48. The molecule has 0 radical (unpaired) electrons. The van der Waals surface area contributed by atoms with E-state index < -0.39 is 0 Å². The number of fused-ring (bicyclic) bond motifs is 1. The lowest BCUT2D eigenvalue weighted by molar-refractivity contribution is 0.588. The van der Waals surface area contributed by atoms with Gasteiger partial charge in [0.25, 0.3) is 0 Å². The highest BCUT2D eigenvalue weighted by atomic mass is 14.9. The molecular formula is C17H22N2. The number of benzene rings is 1. The molecule has 1 unspecified atom stereocenters. The van der Waals surface area contributed by atoms with Crippen molar-refractivity contribution in [2.75, 3.05) is 0 Å². The van der Waals surface area contributed by atoms with Crippen LogP contribution in [0.25, 0.3) is 0 Å². The van der Waals surface area contributed by atoms with Gasteiger partial charge >= 0.3 is 0 Å². The third-order valence-corrected chi connectivity index (χ3v) is 4.31. The number of hydrogen-bond donors (Lipinski definition) is 1. The van der Waals surface area contributed by atoms with Gasteiger partial charge in [0.15, 0.2) is 0 Å². The Kier molecular flexibility index (Phi) is 2.77. The standard InChI is InChI=1S/C17H22N2/c1-11-7-12(17(2,3)4)8-15-13(11)5-6-14(15)16-9-18-10-19-16/h7-10,14H,5-6H2,1-4H3,(H,18,19). The van der Waals surface area contributed by atoms with Crippen molar-refractivity contribution < 1.29 is 0 Å². The minimum Gasteiger partial charge on any atom is -0.351 e. The molecule has 100 valence electrons. The fraction of sp³-hybridized carbons (Fsp3) is 0.471. The zero-order valence-electron chi connectivity index (χ0n) is 12.2. The first-order chi connectivity index (χ1) is 8.97. The van der Waals surface area contributed by atoms with E-state index in [9.17, 15) is 0 Å². The van der Waals surface area contributed by atoms with Crippen molar-refractivity contribution in [3.8, 4) is 0 Å². The number of aryl methyl sites for hydroxylation is 1. The van der Waals surface area contributed by atoms with Crippen LogP contribution in [0.5, 0.6) is 0 Å². The van der Waals surface area contributed by atoms with Crippen LogP contribution >= 0.6 is 0 Å². The minimum absolute atomic E-state index is 0.207. The Bertz CT molecular complexity index is 588. The van der Waals surface area contributed by atoms with Crippen LogP contribution in [0, 0.1) is 6.92 Å². The van der Waals surface area contributed by atoms with Gasteiger partial charge in [-0.1, -0.05) is 32.9 Å². The van der Waals surface area contributed by atoms with E-state index in [-0.39, 0.29) is 5.41 Å². The van der Waals surface area contributed by atoms with Crippen LogP contribution in [0.1, 0.15) is 61.1 Å². The van der Waals surface area contributed by atoms with Crippen LogP contribution in [0.15, 0.2) is 24.7 Å². The summed E-state index contributed by atoms with van der Waals surface area (Å²) in [7, 11) is 0. The second kappa shape index (κ2) is 4.22. The van der Waals surface area contributed by atoms with Crippen molar-refractivity contribution in [2.45, 2.75) is 51.9 Å². The third-order valence-electron chi connectivity index (χ3n) is 4.31. The summed E-state index contributed by atoms with van der Waals surface area (Å²) in [6.07, 6.45) is 6.20. The minimum atomic E-state index is 0.207. The van der Waals surface area contributed by atoms with Crippen molar-refractivity contribution in [1.82, 2.24) is 9.97 Å². The van der Waals surface area contributed by atoms with E-state index >= 15 is 0 Å². The number of aromatic nitrogens is 2. The maximum Gasteiger partial charge on any atom is 0.0923 e. The normalized spacial score (nSPS) is 18.6. The molecule has 0 fully saturated rings. The predicted octanol–water partition coefficient (Wildman–Crippen LogP) is 4.09. The first kappa shape index (κ1) is 12.5. The van der Waals surface area contributed by atoms with Gasteiger partial charge in [0.1, 0.15) is 0 Å². The molecule has 2 heteroatoms. The monoisotopic (exact) mass is 254 g/mol. The summed E-state index contributed by atoms with van der Waals surface area (Å²) in [6, 6.07) is 4.78. The van der Waals surface area contributed by atoms with E-state index in [0.717, 1.165) is 0 Å². The number of rotatable bonds is 1. The second-order valence-electron chi connectivity index (χ2n) is 6.70. The van der Waals surface area contributed by atoms with Gasteiger partial charge in [0, 0.05) is 12.1 Å². The van der Waals surface area contributed by atoms with Gasteiger partial charge in [-0.15, -0.1) is 0 Å². The van der Waals surface area contributed by atoms with E-state index in [0.29, 0.717) is 5.92 Å². The molecule has 19 heavy (non-hydrogen) atoms. The van der Waals surface area contributed by atoms with Crippen molar-refractivity contribution in [1.29, 1.82) is 0 Å². The quantitative estimate of drug-likeness (QED) is 0.815. The van der Waals surface area contributed by atoms with Gasteiger partial charge in [0.05, 0.1) is 12.0 Å². The van der Waals surface area contributed by atoms with Gasteiger partial charge < -0.3 is 4.98 Å². The fourth-order valence-corrected chi connectivity index (χ4v) is 3.14. The molecule has 0 saturated heterocycles. The van der Waals surface area contributed by atoms with Crippen LogP contribution in [-0.4, -0.2) is 9.97 Å². The molecule has 1 aliphatic rings. The van der Waals surface area contributed by atoms with Crippen molar-refractivity contribution in [3.63, 3.8) is 0 Å². The van der Waals surface area contributed by atoms with Gasteiger partial charge in [-0.25, -0.2) is 4.98 Å².